The molecule has 4 nitrogen and oxygen atoms in total. The molecule has 0 unspecified atom stereocenters. The number of benzene rings is 2. The number of likely N-dealkylation sites (N-methyl/N-ethyl adjacent to an activating group) is 1. The van der Waals surface area contributed by atoms with Gasteiger partial charge in [0.05, 0.1) is 11.4 Å². The molecule has 2 N–H and O–H groups in total. The van der Waals surface area contributed by atoms with E-state index in [0.717, 1.165) is 21.5 Å². The van der Waals surface area contributed by atoms with Crippen molar-refractivity contribution in [2.75, 3.05) is 29.1 Å². The largest absolute Gasteiger partial charge is 0.399 e. The molecule has 0 bridgehead atoms. The third kappa shape index (κ3) is 2.14. The summed E-state index contributed by atoms with van der Waals surface area (Å²) in [6.45, 7) is 0.328. The summed E-state index contributed by atoms with van der Waals surface area (Å²) < 4.78 is 0.954. The summed E-state index contributed by atoms with van der Waals surface area (Å²) in [6.07, 6.45) is 0. The zero-order valence-electron chi connectivity index (χ0n) is 11.0. The van der Waals surface area contributed by atoms with Crippen molar-refractivity contribution >= 4 is 44.6 Å². The quantitative estimate of drug-likeness (QED) is 0.816. The summed E-state index contributed by atoms with van der Waals surface area (Å²) in [4.78, 5) is 15.9. The van der Waals surface area contributed by atoms with Crippen LogP contribution in [-0.4, -0.2) is 19.5 Å². The molecule has 2 aromatic rings. The van der Waals surface area contributed by atoms with E-state index >= 15 is 0 Å². The molecular formula is C15H14BrN3O. The Bertz CT molecular complexity index is 669. The minimum Gasteiger partial charge on any atom is -0.399 e. The van der Waals surface area contributed by atoms with Crippen molar-refractivity contribution in [1.29, 1.82) is 0 Å². The van der Waals surface area contributed by atoms with Crippen molar-refractivity contribution in [1.82, 2.24) is 0 Å². The molecule has 1 heterocycles. The highest BCUT2D eigenvalue weighted by molar-refractivity contribution is 9.10. The van der Waals surface area contributed by atoms with Gasteiger partial charge in [-0.15, -0.1) is 0 Å². The zero-order chi connectivity index (χ0) is 14.3. The van der Waals surface area contributed by atoms with E-state index in [-0.39, 0.29) is 5.91 Å². The molecule has 1 aliphatic heterocycles. The number of hydrogen-bond acceptors (Lipinski definition) is 3. The summed E-state index contributed by atoms with van der Waals surface area (Å²) in [6, 6.07) is 13.5. The Morgan fingerprint density at radius 2 is 1.80 bits per heavy atom. The highest BCUT2D eigenvalue weighted by Gasteiger charge is 2.27. The number of carbonyl (C=O) groups is 1. The van der Waals surface area contributed by atoms with Crippen molar-refractivity contribution in [2.24, 2.45) is 0 Å². The molecule has 2 aromatic carbocycles. The second kappa shape index (κ2) is 4.83. The fourth-order valence-electron chi connectivity index (χ4n) is 2.34. The molecule has 0 saturated carbocycles. The van der Waals surface area contributed by atoms with Gasteiger partial charge < -0.3 is 15.5 Å². The molecule has 102 valence electrons. The Balaban J connectivity index is 2.12. The van der Waals surface area contributed by atoms with Gasteiger partial charge >= 0.3 is 0 Å². The molecule has 20 heavy (non-hydrogen) atoms. The van der Waals surface area contributed by atoms with Gasteiger partial charge in [-0.2, -0.15) is 0 Å². The third-order valence-electron chi connectivity index (χ3n) is 3.46. The predicted octanol–water partition coefficient (Wildman–Crippen LogP) is 3.15. The monoisotopic (exact) mass is 331 g/mol. The van der Waals surface area contributed by atoms with E-state index in [9.17, 15) is 4.79 Å². The van der Waals surface area contributed by atoms with E-state index in [1.54, 1.807) is 11.9 Å². The van der Waals surface area contributed by atoms with Gasteiger partial charge in [0, 0.05) is 22.9 Å². The first-order valence-corrected chi connectivity index (χ1v) is 7.05. The van der Waals surface area contributed by atoms with Crippen LogP contribution in [-0.2, 0) is 4.79 Å². The summed E-state index contributed by atoms with van der Waals surface area (Å²) in [7, 11) is 1.80. The summed E-state index contributed by atoms with van der Waals surface area (Å²) in [5, 5.41) is 0. The number of nitrogens with two attached hydrogens (primary N) is 1. The lowest BCUT2D eigenvalue weighted by molar-refractivity contribution is -0.117. The fourth-order valence-corrected chi connectivity index (χ4v) is 2.69. The molecule has 0 aromatic heterocycles. The Labute approximate surface area is 125 Å². The van der Waals surface area contributed by atoms with E-state index in [2.05, 4.69) is 15.9 Å². The van der Waals surface area contributed by atoms with E-state index in [1.807, 2.05) is 47.4 Å². The van der Waals surface area contributed by atoms with E-state index in [1.165, 1.54) is 0 Å². The van der Waals surface area contributed by atoms with Crippen LogP contribution in [0.5, 0.6) is 0 Å². The molecule has 0 atom stereocenters. The normalized spacial score (nSPS) is 14.4. The lowest BCUT2D eigenvalue weighted by atomic mass is 10.1. The van der Waals surface area contributed by atoms with Crippen LogP contribution in [0.4, 0.5) is 22.7 Å². The first-order chi connectivity index (χ1) is 9.56. The minimum atomic E-state index is 0.0624. The second-order valence-electron chi connectivity index (χ2n) is 4.76. The molecule has 0 radical (unpaired) electrons. The molecular weight excluding hydrogens is 318 g/mol. The van der Waals surface area contributed by atoms with E-state index in [0.29, 0.717) is 12.2 Å². The summed E-state index contributed by atoms with van der Waals surface area (Å²) >= 11 is 3.45. The number of nitrogen functional groups attached to an aromatic ring is 1. The van der Waals surface area contributed by atoms with Crippen LogP contribution in [0.1, 0.15) is 0 Å². The second-order valence-corrected chi connectivity index (χ2v) is 5.68. The van der Waals surface area contributed by atoms with E-state index in [4.69, 9.17) is 5.73 Å². The van der Waals surface area contributed by atoms with Gasteiger partial charge in [0.25, 0.3) is 0 Å². The number of fused-ring (bicyclic) bond motifs is 1. The lowest BCUT2D eigenvalue weighted by Crippen LogP contribution is -2.41. The number of nitrogens with zero attached hydrogens (tertiary/aromatic N) is 2. The van der Waals surface area contributed by atoms with Crippen LogP contribution in [0, 0.1) is 0 Å². The van der Waals surface area contributed by atoms with Crippen LogP contribution < -0.4 is 15.5 Å². The molecule has 0 saturated heterocycles. The van der Waals surface area contributed by atoms with Gasteiger partial charge in [0.2, 0.25) is 5.91 Å². The van der Waals surface area contributed by atoms with Crippen LogP contribution in [0.15, 0.2) is 46.9 Å². The number of amides is 1. The van der Waals surface area contributed by atoms with Gasteiger partial charge in [0.1, 0.15) is 6.54 Å². The molecule has 0 spiro atoms. The van der Waals surface area contributed by atoms with E-state index < -0.39 is 0 Å². The fraction of sp³-hybridized carbons (Fsp3) is 0.133. The molecule has 1 aliphatic rings. The van der Waals surface area contributed by atoms with Crippen molar-refractivity contribution in [3.8, 4) is 0 Å². The van der Waals surface area contributed by atoms with Crippen molar-refractivity contribution < 1.29 is 4.79 Å². The maximum absolute atomic E-state index is 12.2. The highest BCUT2D eigenvalue weighted by atomic mass is 79.9. The van der Waals surface area contributed by atoms with Gasteiger partial charge in [-0.05, 0) is 42.5 Å². The molecule has 0 fully saturated rings. The highest BCUT2D eigenvalue weighted by Crippen LogP contribution is 2.39. The molecule has 3 rings (SSSR count). The maximum Gasteiger partial charge on any atom is 0.246 e. The first kappa shape index (κ1) is 13.0. The number of halogens is 1. The standard InChI is InChI=1S/C15H14BrN3O/c1-18-14-8-10(16)2-7-13(14)19(9-15(18)20)12-5-3-11(17)4-6-12/h2-8H,9,17H2,1H3. The smallest absolute Gasteiger partial charge is 0.246 e. The average molecular weight is 332 g/mol. The number of carbonyl (C=O) groups excluding carboxylic acids is 1. The lowest BCUT2D eigenvalue weighted by Gasteiger charge is -2.35. The summed E-state index contributed by atoms with van der Waals surface area (Å²) in [5.41, 5.74) is 9.31. The van der Waals surface area contributed by atoms with Crippen molar-refractivity contribution in [3.05, 3.63) is 46.9 Å². The first-order valence-electron chi connectivity index (χ1n) is 6.25. The van der Waals surface area contributed by atoms with Gasteiger partial charge in [0.15, 0.2) is 0 Å². The third-order valence-corrected chi connectivity index (χ3v) is 3.96. The van der Waals surface area contributed by atoms with Crippen LogP contribution in [0.3, 0.4) is 0 Å². The molecule has 5 heteroatoms. The predicted molar refractivity (Wildman–Crippen MR) is 85.4 cm³/mol. The van der Waals surface area contributed by atoms with Crippen molar-refractivity contribution in [3.63, 3.8) is 0 Å². The van der Waals surface area contributed by atoms with Crippen LogP contribution >= 0.6 is 15.9 Å². The minimum absolute atomic E-state index is 0.0624. The zero-order valence-corrected chi connectivity index (χ0v) is 12.6. The Hall–Kier alpha value is -2.01. The molecule has 1 amide bonds. The summed E-state index contributed by atoms with van der Waals surface area (Å²) in [5.74, 6) is 0.0624. The van der Waals surface area contributed by atoms with Gasteiger partial charge in [-0.25, -0.2) is 0 Å². The molecule has 0 aliphatic carbocycles. The number of rotatable bonds is 1. The average Bonchev–Trinajstić information content (AvgIpc) is 2.44. The topological polar surface area (TPSA) is 49.6 Å². The SMILES string of the molecule is CN1C(=O)CN(c2ccc(N)cc2)c2ccc(Br)cc21. The van der Waals surface area contributed by atoms with Gasteiger partial charge in [-0.1, -0.05) is 15.9 Å². The van der Waals surface area contributed by atoms with Gasteiger partial charge in [-0.3, -0.25) is 4.79 Å². The Morgan fingerprint density at radius 3 is 2.50 bits per heavy atom. The number of anilines is 4. The number of hydrogen-bond donors (Lipinski definition) is 1. The Kier molecular flexibility index (Phi) is 3.14. The van der Waals surface area contributed by atoms with Crippen molar-refractivity contribution in [2.45, 2.75) is 0 Å². The Morgan fingerprint density at radius 1 is 1.10 bits per heavy atom. The van der Waals surface area contributed by atoms with Crippen LogP contribution in [0.25, 0.3) is 0 Å². The maximum atomic E-state index is 12.2. The van der Waals surface area contributed by atoms with Crippen LogP contribution in [0.2, 0.25) is 0 Å².